The van der Waals surface area contributed by atoms with Crippen LogP contribution in [0, 0.1) is 23.2 Å². The first-order valence-corrected chi connectivity index (χ1v) is 16.9. The van der Waals surface area contributed by atoms with Crippen LogP contribution in [-0.4, -0.2) is 71.1 Å². The molecule has 0 aromatic heterocycles. The average Bonchev–Trinajstić information content (AvgIpc) is 3.78. The molecule has 1 aliphatic heterocycles. The molecule has 242 valence electrons. The van der Waals surface area contributed by atoms with E-state index in [1.807, 2.05) is 27.7 Å². The molecule has 0 aromatic carbocycles. The van der Waals surface area contributed by atoms with Gasteiger partial charge in [0.2, 0.25) is 23.5 Å². The molecule has 10 heteroatoms. The van der Waals surface area contributed by atoms with Crippen LogP contribution in [0.25, 0.3) is 0 Å². The van der Waals surface area contributed by atoms with Crippen LogP contribution in [0.4, 0.5) is 0 Å². The molecule has 3 aliphatic carbocycles. The molecule has 4 amide bonds. The van der Waals surface area contributed by atoms with Crippen molar-refractivity contribution in [3.63, 3.8) is 0 Å². The van der Waals surface area contributed by atoms with Crippen molar-refractivity contribution < 1.29 is 24.0 Å². The molecule has 0 bridgehead atoms. The number of amides is 4. The lowest BCUT2D eigenvalue weighted by atomic mass is 9.70. The number of Topliss-reactive ketones (excluding diaryl/α,β-unsaturated/α-hetero) is 1. The first-order chi connectivity index (χ1) is 20.4. The first-order valence-electron chi connectivity index (χ1n) is 16.9. The highest BCUT2D eigenvalue weighted by atomic mass is 16.2. The summed E-state index contributed by atoms with van der Waals surface area (Å²) in [5, 5.41) is 8.60. The van der Waals surface area contributed by atoms with Gasteiger partial charge in [-0.15, -0.1) is 0 Å². The van der Waals surface area contributed by atoms with Crippen molar-refractivity contribution in [2.24, 2.45) is 28.9 Å². The summed E-state index contributed by atoms with van der Waals surface area (Å²) in [6, 6.07) is -3.17. The van der Waals surface area contributed by atoms with Crippen LogP contribution >= 0.6 is 0 Å². The molecule has 4 rings (SSSR count). The van der Waals surface area contributed by atoms with E-state index in [0.717, 1.165) is 70.6 Å². The van der Waals surface area contributed by atoms with E-state index in [1.165, 1.54) is 6.42 Å². The van der Waals surface area contributed by atoms with Gasteiger partial charge >= 0.3 is 0 Å². The quantitative estimate of drug-likeness (QED) is 0.253. The van der Waals surface area contributed by atoms with Crippen molar-refractivity contribution in [3.8, 4) is 0 Å². The summed E-state index contributed by atoms with van der Waals surface area (Å²) in [6.45, 7) is 8.06. The SMILES string of the molecule is CCCC(NC(=O)C1C(C2CCCCC2)CN1C(=O)C(NC(=O)C(N)C1CCCCC1)C(C)(C)C)C(=O)C(=O)NC1CC1. The van der Waals surface area contributed by atoms with Crippen molar-refractivity contribution in [1.82, 2.24) is 20.9 Å². The van der Waals surface area contributed by atoms with Gasteiger partial charge in [0.25, 0.3) is 5.91 Å². The standard InChI is InChI=1S/C33H55N5O5/c1-5-12-24(27(39)31(42)35-22-17-18-22)36-30(41)26-23(20-13-8-6-9-14-20)19-38(26)32(43)28(33(2,3)4)37-29(40)25(34)21-15-10-7-11-16-21/h20-26,28H,5-19,34H2,1-4H3,(H,35,42)(H,36,41)(H,37,40). The molecule has 4 fully saturated rings. The van der Waals surface area contributed by atoms with E-state index in [4.69, 9.17) is 5.73 Å². The van der Waals surface area contributed by atoms with Crippen molar-refractivity contribution in [3.05, 3.63) is 0 Å². The molecule has 4 aliphatic rings. The number of hydrogen-bond donors (Lipinski definition) is 4. The molecule has 10 nitrogen and oxygen atoms in total. The largest absolute Gasteiger partial charge is 0.347 e. The predicted molar refractivity (Wildman–Crippen MR) is 165 cm³/mol. The van der Waals surface area contributed by atoms with Gasteiger partial charge in [0, 0.05) is 18.5 Å². The fraction of sp³-hybridized carbons (Fsp3) is 0.848. The van der Waals surface area contributed by atoms with E-state index in [0.29, 0.717) is 25.3 Å². The minimum Gasteiger partial charge on any atom is -0.347 e. The molecular formula is C33H55N5O5. The van der Waals surface area contributed by atoms with Crippen LogP contribution in [0.15, 0.2) is 0 Å². The van der Waals surface area contributed by atoms with Crippen molar-refractivity contribution in [1.29, 1.82) is 0 Å². The molecule has 3 saturated carbocycles. The number of rotatable bonds is 12. The Morgan fingerprint density at radius 1 is 0.860 bits per heavy atom. The van der Waals surface area contributed by atoms with E-state index >= 15 is 0 Å². The van der Waals surface area contributed by atoms with Gasteiger partial charge in [-0.2, -0.15) is 0 Å². The number of nitrogens with zero attached hydrogens (tertiary/aromatic N) is 1. The fourth-order valence-electron chi connectivity index (χ4n) is 7.28. The van der Waals surface area contributed by atoms with Gasteiger partial charge in [-0.1, -0.05) is 85.5 Å². The average molecular weight is 602 g/mol. The maximum atomic E-state index is 14.2. The Kier molecular flexibility index (Phi) is 11.3. The Balaban J connectivity index is 1.51. The molecule has 5 unspecified atom stereocenters. The highest BCUT2D eigenvalue weighted by Crippen LogP contribution is 2.41. The maximum Gasteiger partial charge on any atom is 0.289 e. The fourth-order valence-corrected chi connectivity index (χ4v) is 7.28. The third-order valence-corrected chi connectivity index (χ3v) is 10.2. The van der Waals surface area contributed by atoms with E-state index in [9.17, 15) is 24.0 Å². The van der Waals surface area contributed by atoms with Crippen LogP contribution < -0.4 is 21.7 Å². The summed E-state index contributed by atoms with van der Waals surface area (Å²) in [5.74, 6) is -1.90. The van der Waals surface area contributed by atoms with Crippen molar-refractivity contribution in [2.75, 3.05) is 6.54 Å². The molecule has 5 atom stereocenters. The summed E-state index contributed by atoms with van der Waals surface area (Å²) in [7, 11) is 0. The number of carbonyl (C=O) groups is 5. The van der Waals surface area contributed by atoms with Crippen LogP contribution in [0.5, 0.6) is 0 Å². The van der Waals surface area contributed by atoms with Gasteiger partial charge < -0.3 is 26.6 Å². The zero-order valence-corrected chi connectivity index (χ0v) is 26.8. The van der Waals surface area contributed by atoms with Crippen LogP contribution in [-0.2, 0) is 24.0 Å². The number of nitrogens with two attached hydrogens (primary N) is 1. The third kappa shape index (κ3) is 8.37. The van der Waals surface area contributed by atoms with Gasteiger partial charge in [0.1, 0.15) is 12.1 Å². The summed E-state index contributed by atoms with van der Waals surface area (Å²) in [6.07, 6.45) is 13.2. The van der Waals surface area contributed by atoms with Crippen LogP contribution in [0.3, 0.4) is 0 Å². The molecule has 0 aromatic rings. The molecule has 43 heavy (non-hydrogen) atoms. The summed E-state index contributed by atoms with van der Waals surface area (Å²) in [4.78, 5) is 68.7. The van der Waals surface area contributed by atoms with Gasteiger partial charge in [-0.3, -0.25) is 24.0 Å². The number of likely N-dealkylation sites (tertiary alicyclic amines) is 1. The molecule has 1 saturated heterocycles. The van der Waals surface area contributed by atoms with Crippen LogP contribution in [0.1, 0.15) is 118 Å². The maximum absolute atomic E-state index is 14.2. The molecule has 5 N–H and O–H groups in total. The van der Waals surface area contributed by atoms with E-state index in [1.54, 1.807) is 4.90 Å². The second kappa shape index (κ2) is 14.5. The zero-order chi connectivity index (χ0) is 31.3. The van der Waals surface area contributed by atoms with Gasteiger partial charge in [-0.25, -0.2) is 0 Å². The Bertz CT molecular complexity index is 1030. The highest BCUT2D eigenvalue weighted by molar-refractivity contribution is 6.38. The molecular weight excluding hydrogens is 546 g/mol. The van der Waals surface area contributed by atoms with E-state index in [-0.39, 0.29) is 35.6 Å². The summed E-state index contributed by atoms with van der Waals surface area (Å²) >= 11 is 0. The topological polar surface area (TPSA) is 151 Å². The molecule has 0 spiro atoms. The second-order valence-corrected chi connectivity index (χ2v) is 14.7. The smallest absolute Gasteiger partial charge is 0.289 e. The monoisotopic (exact) mass is 601 g/mol. The Morgan fingerprint density at radius 2 is 1.47 bits per heavy atom. The molecule has 1 heterocycles. The number of hydrogen-bond acceptors (Lipinski definition) is 6. The summed E-state index contributed by atoms with van der Waals surface area (Å²) < 4.78 is 0. The number of carbonyl (C=O) groups excluding carboxylic acids is 5. The lowest BCUT2D eigenvalue weighted by molar-refractivity contribution is -0.162. The highest BCUT2D eigenvalue weighted by Gasteiger charge is 2.53. The minimum absolute atomic E-state index is 0.0252. The van der Waals surface area contributed by atoms with E-state index < -0.39 is 41.3 Å². The minimum atomic E-state index is -0.938. The van der Waals surface area contributed by atoms with Crippen molar-refractivity contribution >= 4 is 29.4 Å². The van der Waals surface area contributed by atoms with E-state index in [2.05, 4.69) is 16.0 Å². The molecule has 0 radical (unpaired) electrons. The van der Waals surface area contributed by atoms with Crippen molar-refractivity contribution in [2.45, 2.75) is 148 Å². The van der Waals surface area contributed by atoms with Gasteiger partial charge in [-0.05, 0) is 49.4 Å². The predicted octanol–water partition coefficient (Wildman–Crippen LogP) is 2.96. The lowest BCUT2D eigenvalue weighted by Gasteiger charge is -2.53. The Morgan fingerprint density at radius 3 is 2.02 bits per heavy atom. The Hall–Kier alpha value is -2.49. The van der Waals surface area contributed by atoms with Gasteiger partial charge in [0.15, 0.2) is 0 Å². The lowest BCUT2D eigenvalue weighted by Crippen LogP contribution is -2.71. The summed E-state index contributed by atoms with van der Waals surface area (Å²) in [5.41, 5.74) is 5.79. The van der Waals surface area contributed by atoms with Crippen LogP contribution in [0.2, 0.25) is 0 Å². The number of ketones is 1. The zero-order valence-electron chi connectivity index (χ0n) is 26.8. The van der Waals surface area contributed by atoms with Gasteiger partial charge in [0.05, 0.1) is 12.1 Å². The third-order valence-electron chi connectivity index (χ3n) is 10.2. The number of nitrogens with one attached hydrogen (secondary N) is 3. The second-order valence-electron chi connectivity index (χ2n) is 14.7. The Labute approximate surface area is 257 Å². The first kappa shape index (κ1) is 33.4. The normalized spacial score (nSPS) is 25.6.